The van der Waals surface area contributed by atoms with Gasteiger partial charge >= 0.3 is 0 Å². The van der Waals surface area contributed by atoms with Gasteiger partial charge < -0.3 is 29.2 Å². The Bertz CT molecular complexity index is 7780. The van der Waals surface area contributed by atoms with Gasteiger partial charge in [-0.2, -0.15) is 0 Å². The monoisotopic (exact) mass is 1750 g/mol. The fraction of sp³-hybridized carbons (Fsp3) is 0.0874. The molecular weight excluding hydrogens is 1690 g/mol. The van der Waals surface area contributed by atoms with Gasteiger partial charge in [-0.05, 0) is 289 Å². The van der Waals surface area contributed by atoms with Crippen molar-refractivity contribution in [1.82, 2.24) is 0 Å². The molecule has 0 unspecified atom stereocenters. The van der Waals surface area contributed by atoms with E-state index in [0.717, 1.165) is 135 Å². The summed E-state index contributed by atoms with van der Waals surface area (Å²) in [6.45, 7) is 13.0. The molecule has 0 fully saturated rings. The van der Waals surface area contributed by atoms with Gasteiger partial charge in [-0.1, -0.05) is 95.6 Å². The lowest BCUT2D eigenvalue weighted by Crippen LogP contribution is -2.66. The van der Waals surface area contributed by atoms with Crippen LogP contribution in [-0.2, 0) is 0 Å². The minimum absolute atomic E-state index is 0.00630. The Balaban J connectivity index is 0.918. The molecular formula is C103H62B3F14N5OS2. The van der Waals surface area contributed by atoms with Crippen LogP contribution < -0.4 is 77.0 Å². The molecule has 15 aromatic carbocycles. The molecule has 0 aliphatic carbocycles. The smallest absolute Gasteiger partial charge is 0.268 e. The number of nitrogens with zero attached hydrogens (tertiary/aromatic N) is 5. The normalized spacial score (nSPS) is 13.5. The molecule has 17 aromatic rings. The number of hydrogen-bond acceptors (Lipinski definition) is 8. The summed E-state index contributed by atoms with van der Waals surface area (Å²) in [6, 6.07) is 48.4. The van der Waals surface area contributed by atoms with E-state index in [1.54, 1.807) is 54.6 Å². The molecule has 0 atom stereocenters. The lowest BCUT2D eigenvalue weighted by molar-refractivity contribution is 0.491. The molecule has 0 bridgehead atoms. The zero-order chi connectivity index (χ0) is 88.6. The molecule has 2 aromatic heterocycles. The first-order valence-corrected chi connectivity index (χ1v) is 43.0. The molecule has 0 saturated carbocycles. The quantitative estimate of drug-likeness (QED) is 0.111. The average molecular weight is 1750 g/mol. The number of thiophene rings is 2. The van der Waals surface area contributed by atoms with Crippen LogP contribution in [0, 0.1) is 144 Å². The predicted octanol–water partition coefficient (Wildman–Crippen LogP) is 24.4. The van der Waals surface area contributed by atoms with Crippen LogP contribution in [0.4, 0.5) is 147 Å². The van der Waals surface area contributed by atoms with Crippen molar-refractivity contribution in [3.8, 4) is 44.9 Å². The fourth-order valence-corrected chi connectivity index (χ4v) is 24.5. The van der Waals surface area contributed by atoms with E-state index in [4.69, 9.17) is 4.74 Å². The van der Waals surface area contributed by atoms with E-state index in [0.29, 0.717) is 61.7 Å². The minimum Gasteiger partial charge on any atom is -0.457 e. The van der Waals surface area contributed by atoms with E-state index in [1.807, 2.05) is 98.7 Å². The third-order valence-corrected chi connectivity index (χ3v) is 28.5. The van der Waals surface area contributed by atoms with Crippen LogP contribution in [0.5, 0.6) is 11.5 Å². The number of fused-ring (bicyclic) bond motifs is 16. The molecule has 6 aliphatic rings. The van der Waals surface area contributed by atoms with Crippen molar-refractivity contribution < 1.29 is 66.2 Å². The molecule has 23 rings (SSSR count). The summed E-state index contributed by atoms with van der Waals surface area (Å²) in [7, 11) is 0. The highest BCUT2D eigenvalue weighted by Gasteiger charge is 2.54. The van der Waals surface area contributed by atoms with Crippen LogP contribution in [0.1, 0.15) is 50.1 Å². The van der Waals surface area contributed by atoms with Crippen molar-refractivity contribution >= 4 is 196 Å². The molecule has 0 saturated heterocycles. The maximum absolute atomic E-state index is 18.6. The van der Waals surface area contributed by atoms with Gasteiger partial charge in [0, 0.05) is 82.3 Å². The summed E-state index contributed by atoms with van der Waals surface area (Å²) >= 11 is 1.87. The van der Waals surface area contributed by atoms with Crippen LogP contribution in [-0.4, -0.2) is 20.1 Å². The molecule has 6 nitrogen and oxygen atoms in total. The van der Waals surface area contributed by atoms with Crippen LogP contribution in [0.2, 0.25) is 0 Å². The molecule has 8 heterocycles. The number of anilines is 15. The maximum atomic E-state index is 18.6. The van der Waals surface area contributed by atoms with Gasteiger partial charge in [0.05, 0.1) is 16.5 Å². The van der Waals surface area contributed by atoms with E-state index >= 15 is 61.5 Å². The Morgan fingerprint density at radius 3 is 0.891 bits per heavy atom. The Hall–Kier alpha value is -13.8. The summed E-state index contributed by atoms with van der Waals surface area (Å²) in [5.74, 6) is -15.2. The fourth-order valence-electron chi connectivity index (χ4n) is 21.8. The lowest BCUT2D eigenvalue weighted by atomic mass is 9.30. The number of halogens is 14. The van der Waals surface area contributed by atoms with Crippen LogP contribution in [0.15, 0.2) is 212 Å². The molecule has 0 amide bonds. The Kier molecular flexibility index (Phi) is 17.3. The van der Waals surface area contributed by atoms with Crippen LogP contribution in [0.3, 0.4) is 0 Å². The van der Waals surface area contributed by atoms with Crippen molar-refractivity contribution in [1.29, 1.82) is 0 Å². The summed E-state index contributed by atoms with van der Waals surface area (Å²) in [5.41, 5.74) is 7.27. The second-order valence-electron chi connectivity index (χ2n) is 34.1. The van der Waals surface area contributed by atoms with E-state index in [-0.39, 0.29) is 136 Å². The first-order valence-electron chi connectivity index (χ1n) is 41.3. The molecule has 25 heteroatoms. The van der Waals surface area contributed by atoms with E-state index in [2.05, 4.69) is 0 Å². The highest BCUT2D eigenvalue weighted by Crippen LogP contribution is 2.58. The minimum atomic E-state index is -1.45. The van der Waals surface area contributed by atoms with Gasteiger partial charge in [0.25, 0.3) is 20.1 Å². The molecule has 0 spiro atoms. The summed E-state index contributed by atoms with van der Waals surface area (Å²) in [5, 5.41) is -0.369. The van der Waals surface area contributed by atoms with Crippen molar-refractivity contribution in [2.24, 2.45) is 0 Å². The highest BCUT2D eigenvalue weighted by atomic mass is 32.1. The number of para-hydroxylation sites is 5. The molecule has 0 radical (unpaired) electrons. The summed E-state index contributed by atoms with van der Waals surface area (Å²) < 4.78 is 258. The van der Waals surface area contributed by atoms with E-state index < -0.39 is 130 Å². The average Bonchev–Trinajstić information content (AvgIpc) is 0.956. The first-order chi connectivity index (χ1) is 61.5. The van der Waals surface area contributed by atoms with Gasteiger partial charge in [0.15, 0.2) is 0 Å². The summed E-state index contributed by atoms with van der Waals surface area (Å²) in [4.78, 5) is 6.59. The summed E-state index contributed by atoms with van der Waals surface area (Å²) in [6.07, 6.45) is 0. The first kappa shape index (κ1) is 78.9. The molecule has 624 valence electrons. The number of rotatable bonds is 8. The SMILES string of the molecule is Cc1cc(C)c(-c2cc3c4c(c2)N(c2c(F)cccc2F)c2cc5c(cc2B4c2sc4cc(F)cc(F)c4c2O3)B2c3cc4c(cc3N(c3c(F)cccc3F)c3cc(-c6c(C)cc(C)cc6C)cc(c32)N5c2c(F)cccc2F)N(c2c(F)cccc2F)c2cc(-c3c(C)cc(C)cc3C)cc3c2B4c2sc4cc(F)cc(F)c4c2N3c2c(F)cccc2F)c(C)c1. The standard InChI is InChI=1S/C103H62B3F14N5OS2/c1-45-25-48(4)87(49(5)26-45)54-31-79-92-80(32-54)122(96-65(111)17-11-18-66(96)112)76-44-78-62(106-94-83(124(78)98-69(115)21-13-22-70(98)116)35-56(89-52(8)29-47(3)30-53(89)9)36-84(94)126-101-91-74(120)38-58(108)40-86(91)128-103(101)106)42-60(76)104(92)59-41-61-77(43-75(59)121(79)95-63(109)15-10-16-64(95)110)123(97-67(113)19-12-20-68(97)114)81-33-55(88-50(6)27-46(2)28-51(88)7)34-82-93(81)105(61)102-100(90-73(119)37-57(107)39-85(90)127-102)125(82)99-71(117)23-14-24-72(99)118/h10-44H,1-9H3. The zero-order valence-corrected chi connectivity index (χ0v) is 70.8. The van der Waals surface area contributed by atoms with Gasteiger partial charge in [-0.25, -0.2) is 61.5 Å². The van der Waals surface area contributed by atoms with Crippen molar-refractivity contribution in [2.45, 2.75) is 62.3 Å². The molecule has 6 aliphatic heterocycles. The molecule has 0 N–H and O–H groups in total. The van der Waals surface area contributed by atoms with Crippen molar-refractivity contribution in [2.75, 3.05) is 24.5 Å². The zero-order valence-electron chi connectivity index (χ0n) is 69.2. The third-order valence-electron chi connectivity index (χ3n) is 26.1. The number of ether oxygens (including phenoxy) is 1. The van der Waals surface area contributed by atoms with Crippen LogP contribution >= 0.6 is 22.7 Å². The van der Waals surface area contributed by atoms with E-state index in [1.165, 1.54) is 54.8 Å². The topological polar surface area (TPSA) is 25.4 Å². The maximum Gasteiger partial charge on any atom is 0.268 e. The Morgan fingerprint density at radius 2 is 0.531 bits per heavy atom. The van der Waals surface area contributed by atoms with Crippen LogP contribution in [0.25, 0.3) is 53.6 Å². The predicted molar refractivity (Wildman–Crippen MR) is 489 cm³/mol. The number of aryl methyl sites for hydroxylation is 9. The van der Waals surface area contributed by atoms with E-state index in [9.17, 15) is 0 Å². The molecule has 128 heavy (non-hydrogen) atoms. The Labute approximate surface area is 733 Å². The largest absolute Gasteiger partial charge is 0.457 e. The Morgan fingerprint density at radius 1 is 0.250 bits per heavy atom. The second-order valence-corrected chi connectivity index (χ2v) is 36.3. The van der Waals surface area contributed by atoms with Crippen molar-refractivity contribution in [3.63, 3.8) is 0 Å². The number of hydrogen-bond donors (Lipinski definition) is 0. The highest BCUT2D eigenvalue weighted by molar-refractivity contribution is 7.34. The van der Waals surface area contributed by atoms with Gasteiger partial charge in [0.1, 0.15) is 121 Å². The van der Waals surface area contributed by atoms with Gasteiger partial charge in [-0.15, -0.1) is 22.7 Å². The van der Waals surface area contributed by atoms with Gasteiger partial charge in [0.2, 0.25) is 0 Å². The number of benzene rings is 15. The lowest BCUT2D eigenvalue weighted by Gasteiger charge is -2.48. The second kappa shape index (κ2) is 28.1. The van der Waals surface area contributed by atoms with Gasteiger partial charge in [-0.3, -0.25) is 0 Å². The third kappa shape index (κ3) is 11.2. The van der Waals surface area contributed by atoms with Crippen molar-refractivity contribution in [3.05, 3.63) is 344 Å².